The number of benzene rings is 1. The molecule has 3 heterocycles. The predicted octanol–water partition coefficient (Wildman–Crippen LogP) is 3.61. The lowest BCUT2D eigenvalue weighted by Crippen LogP contribution is -2.44. The molecule has 0 spiro atoms. The molecule has 0 unspecified atom stereocenters. The fraction of sp³-hybridized carbons (Fsp3) is 0.545. The first-order valence-corrected chi connectivity index (χ1v) is 10.2. The molecule has 0 aliphatic carbocycles. The molecule has 4 rings (SSSR count). The minimum Gasteiger partial charge on any atom is -0.493 e. The number of fused-ring (bicyclic) bond motifs is 1. The Balaban J connectivity index is 1.42. The molecule has 2 aliphatic rings. The molecule has 0 radical (unpaired) electrons. The Morgan fingerprint density at radius 1 is 1.21 bits per heavy atom. The van der Waals surface area contributed by atoms with Crippen molar-refractivity contribution in [2.75, 3.05) is 33.3 Å². The third-order valence-electron chi connectivity index (χ3n) is 6.14. The van der Waals surface area contributed by atoms with Gasteiger partial charge in [-0.25, -0.2) is 0 Å². The molecule has 0 saturated carbocycles. The van der Waals surface area contributed by atoms with E-state index in [1.54, 1.807) is 7.11 Å². The minimum absolute atomic E-state index is 0.0525. The molecule has 2 aromatic rings. The summed E-state index contributed by atoms with van der Waals surface area (Å²) < 4.78 is 11.3. The highest BCUT2D eigenvalue weighted by Gasteiger charge is 2.30. The van der Waals surface area contributed by atoms with E-state index in [4.69, 9.17) is 9.15 Å². The lowest BCUT2D eigenvalue weighted by Gasteiger charge is -2.36. The number of likely N-dealkylation sites (tertiary alicyclic amines) is 2. The Labute approximate surface area is 165 Å². The quantitative estimate of drug-likeness (QED) is 0.808. The first kappa shape index (κ1) is 18.8. The number of carbonyl (C=O) groups is 2. The summed E-state index contributed by atoms with van der Waals surface area (Å²) in [4.78, 5) is 29.0. The number of hydrogen-bond acceptors (Lipinski definition) is 4. The fourth-order valence-electron chi connectivity index (χ4n) is 4.41. The van der Waals surface area contributed by atoms with E-state index in [-0.39, 0.29) is 11.8 Å². The topological polar surface area (TPSA) is 63.0 Å². The minimum atomic E-state index is -0.0525. The lowest BCUT2D eigenvalue weighted by atomic mass is 9.95. The van der Waals surface area contributed by atoms with E-state index >= 15 is 0 Å². The van der Waals surface area contributed by atoms with Crippen LogP contribution in [0.4, 0.5) is 0 Å². The van der Waals surface area contributed by atoms with Crippen LogP contribution >= 0.6 is 0 Å². The number of piperidine rings is 2. The number of aryl methyl sites for hydroxylation is 1. The van der Waals surface area contributed by atoms with E-state index in [0.717, 1.165) is 49.7 Å². The number of hydrogen-bond donors (Lipinski definition) is 0. The van der Waals surface area contributed by atoms with Crippen LogP contribution in [0.3, 0.4) is 0 Å². The molecule has 150 valence electrons. The number of methoxy groups -OCH3 is 1. The van der Waals surface area contributed by atoms with Crippen molar-refractivity contribution in [3.8, 4) is 5.75 Å². The van der Waals surface area contributed by atoms with Crippen LogP contribution in [-0.2, 0) is 4.79 Å². The second kappa shape index (κ2) is 7.86. The molecule has 0 bridgehead atoms. The van der Waals surface area contributed by atoms with Gasteiger partial charge in [0.2, 0.25) is 5.91 Å². The normalized spacial score (nSPS) is 18.7. The van der Waals surface area contributed by atoms with Gasteiger partial charge in [-0.05, 0) is 44.6 Å². The van der Waals surface area contributed by atoms with Gasteiger partial charge in [0.25, 0.3) is 5.91 Å². The number of rotatable bonds is 4. The molecular formula is C22H28N2O4. The molecule has 2 saturated heterocycles. The standard InChI is InChI=1S/C22H28N2O4/c1-15-17-6-5-7-18(27-2)21(17)28-20(15)22(26)23-12-9-16(10-13-23)14-24-11-4-3-8-19(24)25/h5-7,16H,3-4,8-14H2,1-2H3. The first-order chi connectivity index (χ1) is 13.6. The van der Waals surface area contributed by atoms with Crippen LogP contribution in [0.1, 0.15) is 48.2 Å². The van der Waals surface area contributed by atoms with Gasteiger partial charge in [-0.2, -0.15) is 0 Å². The van der Waals surface area contributed by atoms with Crippen LogP contribution in [0.2, 0.25) is 0 Å². The summed E-state index contributed by atoms with van der Waals surface area (Å²) in [6, 6.07) is 5.70. The number of amides is 2. The van der Waals surface area contributed by atoms with Crippen molar-refractivity contribution in [3.05, 3.63) is 29.5 Å². The van der Waals surface area contributed by atoms with Crippen LogP contribution in [-0.4, -0.2) is 54.9 Å². The Morgan fingerprint density at radius 3 is 2.71 bits per heavy atom. The molecule has 1 aromatic heterocycles. The van der Waals surface area contributed by atoms with Gasteiger partial charge >= 0.3 is 0 Å². The molecule has 2 amide bonds. The van der Waals surface area contributed by atoms with Crippen molar-refractivity contribution in [1.29, 1.82) is 0 Å². The maximum absolute atomic E-state index is 13.1. The summed E-state index contributed by atoms with van der Waals surface area (Å²) in [5.74, 6) is 1.76. The monoisotopic (exact) mass is 384 g/mol. The summed E-state index contributed by atoms with van der Waals surface area (Å²) >= 11 is 0. The molecule has 2 fully saturated rings. The average Bonchev–Trinajstić information content (AvgIpc) is 3.06. The van der Waals surface area contributed by atoms with E-state index in [1.165, 1.54) is 0 Å². The van der Waals surface area contributed by atoms with Crippen LogP contribution in [0.15, 0.2) is 22.6 Å². The van der Waals surface area contributed by atoms with Gasteiger partial charge in [-0.15, -0.1) is 0 Å². The van der Waals surface area contributed by atoms with E-state index in [0.29, 0.717) is 42.5 Å². The van der Waals surface area contributed by atoms with Crippen molar-refractivity contribution >= 4 is 22.8 Å². The Morgan fingerprint density at radius 2 is 2.00 bits per heavy atom. The summed E-state index contributed by atoms with van der Waals surface area (Å²) in [5.41, 5.74) is 1.49. The van der Waals surface area contributed by atoms with Gasteiger partial charge in [0.15, 0.2) is 17.1 Å². The van der Waals surface area contributed by atoms with Gasteiger partial charge in [0.05, 0.1) is 7.11 Å². The highest BCUT2D eigenvalue weighted by molar-refractivity contribution is 6.00. The van der Waals surface area contributed by atoms with Gasteiger partial charge in [-0.1, -0.05) is 12.1 Å². The van der Waals surface area contributed by atoms with Crippen LogP contribution in [0, 0.1) is 12.8 Å². The Kier molecular flexibility index (Phi) is 5.29. The Hall–Kier alpha value is -2.50. The smallest absolute Gasteiger partial charge is 0.289 e. The predicted molar refractivity (Wildman–Crippen MR) is 107 cm³/mol. The third-order valence-corrected chi connectivity index (χ3v) is 6.14. The van der Waals surface area contributed by atoms with Crippen molar-refractivity contribution in [2.45, 2.75) is 39.0 Å². The third kappa shape index (κ3) is 3.48. The van der Waals surface area contributed by atoms with Crippen molar-refractivity contribution < 1.29 is 18.7 Å². The largest absolute Gasteiger partial charge is 0.493 e. The highest BCUT2D eigenvalue weighted by Crippen LogP contribution is 2.33. The first-order valence-electron chi connectivity index (χ1n) is 10.2. The van der Waals surface area contributed by atoms with Crippen LogP contribution in [0.5, 0.6) is 5.75 Å². The van der Waals surface area contributed by atoms with Crippen LogP contribution < -0.4 is 4.74 Å². The van der Waals surface area contributed by atoms with Gasteiger partial charge in [0, 0.05) is 43.5 Å². The van der Waals surface area contributed by atoms with Gasteiger partial charge in [0.1, 0.15) is 0 Å². The average molecular weight is 384 g/mol. The molecule has 6 heteroatoms. The second-order valence-electron chi connectivity index (χ2n) is 7.93. The number of carbonyl (C=O) groups excluding carboxylic acids is 2. The fourth-order valence-corrected chi connectivity index (χ4v) is 4.41. The number of nitrogens with zero attached hydrogens (tertiary/aromatic N) is 2. The summed E-state index contributed by atoms with van der Waals surface area (Å²) in [6.07, 6.45) is 4.67. The summed E-state index contributed by atoms with van der Waals surface area (Å²) in [7, 11) is 1.60. The zero-order valence-corrected chi connectivity index (χ0v) is 16.7. The number of para-hydroxylation sites is 1. The van der Waals surface area contributed by atoms with Crippen molar-refractivity contribution in [2.24, 2.45) is 5.92 Å². The van der Waals surface area contributed by atoms with E-state index < -0.39 is 0 Å². The van der Waals surface area contributed by atoms with Crippen molar-refractivity contribution in [1.82, 2.24) is 9.80 Å². The number of furan rings is 1. The molecule has 1 aromatic carbocycles. The number of ether oxygens (including phenoxy) is 1. The van der Waals surface area contributed by atoms with E-state index in [2.05, 4.69) is 0 Å². The SMILES string of the molecule is COc1cccc2c(C)c(C(=O)N3CCC(CN4CCCCC4=O)CC3)oc12. The van der Waals surface area contributed by atoms with Gasteiger partial charge in [-0.3, -0.25) is 9.59 Å². The second-order valence-corrected chi connectivity index (χ2v) is 7.93. The zero-order chi connectivity index (χ0) is 19.7. The van der Waals surface area contributed by atoms with Crippen LogP contribution in [0.25, 0.3) is 11.0 Å². The molecule has 6 nitrogen and oxygen atoms in total. The van der Waals surface area contributed by atoms with E-state index in [1.807, 2.05) is 34.9 Å². The summed E-state index contributed by atoms with van der Waals surface area (Å²) in [6.45, 7) is 5.06. The Bertz CT molecular complexity index is 880. The lowest BCUT2D eigenvalue weighted by molar-refractivity contribution is -0.134. The highest BCUT2D eigenvalue weighted by atomic mass is 16.5. The summed E-state index contributed by atoms with van der Waals surface area (Å²) in [5, 5.41) is 0.918. The molecule has 0 N–H and O–H groups in total. The molecule has 2 aliphatic heterocycles. The zero-order valence-electron chi connectivity index (χ0n) is 16.7. The maximum atomic E-state index is 13.1. The van der Waals surface area contributed by atoms with Crippen molar-refractivity contribution in [3.63, 3.8) is 0 Å². The molecular weight excluding hydrogens is 356 g/mol. The van der Waals surface area contributed by atoms with E-state index in [9.17, 15) is 9.59 Å². The maximum Gasteiger partial charge on any atom is 0.289 e. The molecule has 0 atom stereocenters. The van der Waals surface area contributed by atoms with Gasteiger partial charge < -0.3 is 19.0 Å². The molecule has 28 heavy (non-hydrogen) atoms.